The molecule has 0 aromatic carbocycles. The molecule has 2 nitrogen and oxygen atoms in total. The lowest BCUT2D eigenvalue weighted by atomic mass is 10.0. The molecule has 0 aliphatic carbocycles. The van der Waals surface area contributed by atoms with Crippen molar-refractivity contribution in [2.45, 2.75) is 53.1 Å². The Labute approximate surface area is 121 Å². The van der Waals surface area contributed by atoms with Crippen LogP contribution in [0.3, 0.4) is 0 Å². The number of methoxy groups -OCH3 is 1. The van der Waals surface area contributed by atoms with Crippen LogP contribution in [0, 0.1) is 6.92 Å². The Balaban J connectivity index is 2.68. The van der Waals surface area contributed by atoms with Crippen molar-refractivity contribution < 1.29 is 4.74 Å². The van der Waals surface area contributed by atoms with E-state index in [-0.39, 0.29) is 6.10 Å². The molecule has 1 heterocycles. The maximum Gasteiger partial charge on any atom is 0.0901 e. The van der Waals surface area contributed by atoms with Crippen LogP contribution < -0.4 is 0 Å². The number of nitrogens with zero attached hydrogens (tertiary/aromatic N) is 1. The number of rotatable bonds is 7. The summed E-state index contributed by atoms with van der Waals surface area (Å²) in [7, 11) is 1.78. The standard InChI is InChI=1S/C16H25NOS/c1-6-7-12(2)8-9-16(18-5)13(3)10-15-11-19-14(4)17-15/h8,10-11,16H,6-7,9H2,1-5H3/b12-8-,13-10+/t16-/m0/s1. The van der Waals surface area contributed by atoms with E-state index in [1.807, 2.05) is 6.92 Å². The predicted molar refractivity (Wildman–Crippen MR) is 84.6 cm³/mol. The predicted octanol–water partition coefficient (Wildman–Crippen LogP) is 5.01. The first-order chi connectivity index (χ1) is 9.06. The maximum atomic E-state index is 5.58. The van der Waals surface area contributed by atoms with Crippen molar-refractivity contribution in [3.63, 3.8) is 0 Å². The van der Waals surface area contributed by atoms with Gasteiger partial charge < -0.3 is 4.74 Å². The molecule has 0 radical (unpaired) electrons. The summed E-state index contributed by atoms with van der Waals surface area (Å²) in [5.41, 5.74) is 3.71. The molecule has 0 saturated heterocycles. The van der Waals surface area contributed by atoms with Gasteiger partial charge in [0.2, 0.25) is 0 Å². The van der Waals surface area contributed by atoms with Crippen molar-refractivity contribution in [1.82, 2.24) is 4.98 Å². The quantitative estimate of drug-likeness (QED) is 0.655. The smallest absolute Gasteiger partial charge is 0.0901 e. The number of ether oxygens (including phenoxy) is 1. The van der Waals surface area contributed by atoms with E-state index >= 15 is 0 Å². The van der Waals surface area contributed by atoms with Crippen LogP contribution in [0.1, 0.15) is 50.7 Å². The van der Waals surface area contributed by atoms with Gasteiger partial charge in [-0.25, -0.2) is 4.98 Å². The van der Waals surface area contributed by atoms with Crippen LogP contribution in [0.2, 0.25) is 0 Å². The van der Waals surface area contributed by atoms with Crippen LogP contribution in [0.15, 0.2) is 22.6 Å². The van der Waals surface area contributed by atoms with Crippen LogP contribution in [-0.2, 0) is 4.74 Å². The maximum absolute atomic E-state index is 5.58. The van der Waals surface area contributed by atoms with Gasteiger partial charge >= 0.3 is 0 Å². The number of aromatic nitrogens is 1. The molecule has 0 amide bonds. The minimum atomic E-state index is 0.147. The van der Waals surface area contributed by atoms with Crippen molar-refractivity contribution in [3.8, 4) is 0 Å². The number of aryl methyl sites for hydroxylation is 1. The molecule has 19 heavy (non-hydrogen) atoms. The van der Waals surface area contributed by atoms with Gasteiger partial charge in [-0.2, -0.15) is 0 Å². The highest BCUT2D eigenvalue weighted by Gasteiger charge is 2.09. The third kappa shape index (κ3) is 5.70. The molecule has 0 fully saturated rings. The largest absolute Gasteiger partial charge is 0.377 e. The minimum absolute atomic E-state index is 0.147. The summed E-state index contributed by atoms with van der Waals surface area (Å²) in [6, 6.07) is 0. The normalized spacial score (nSPS) is 14.8. The van der Waals surface area contributed by atoms with Crippen molar-refractivity contribution in [3.05, 3.63) is 33.3 Å². The average molecular weight is 279 g/mol. The van der Waals surface area contributed by atoms with E-state index in [9.17, 15) is 0 Å². The lowest BCUT2D eigenvalue weighted by Crippen LogP contribution is -2.11. The molecule has 0 bridgehead atoms. The van der Waals surface area contributed by atoms with E-state index in [0.29, 0.717) is 0 Å². The molecule has 0 spiro atoms. The van der Waals surface area contributed by atoms with Gasteiger partial charge in [-0.05, 0) is 45.3 Å². The van der Waals surface area contributed by atoms with Gasteiger partial charge in [0.05, 0.1) is 16.8 Å². The van der Waals surface area contributed by atoms with E-state index in [2.05, 4.69) is 43.3 Å². The van der Waals surface area contributed by atoms with Crippen LogP contribution in [0.4, 0.5) is 0 Å². The van der Waals surface area contributed by atoms with Crippen molar-refractivity contribution in [2.75, 3.05) is 7.11 Å². The van der Waals surface area contributed by atoms with Crippen LogP contribution in [-0.4, -0.2) is 18.2 Å². The fourth-order valence-electron chi connectivity index (χ4n) is 2.05. The minimum Gasteiger partial charge on any atom is -0.377 e. The molecule has 0 aliphatic rings. The zero-order chi connectivity index (χ0) is 14.3. The fourth-order valence-corrected chi connectivity index (χ4v) is 2.62. The molecular formula is C16H25NOS. The van der Waals surface area contributed by atoms with E-state index in [1.54, 1.807) is 18.4 Å². The van der Waals surface area contributed by atoms with Crippen molar-refractivity contribution >= 4 is 17.4 Å². The summed E-state index contributed by atoms with van der Waals surface area (Å²) in [5, 5.41) is 3.19. The van der Waals surface area contributed by atoms with Crippen LogP contribution >= 0.6 is 11.3 Å². The molecule has 1 rings (SSSR count). The fraction of sp³-hybridized carbons (Fsp3) is 0.562. The average Bonchev–Trinajstić information content (AvgIpc) is 2.76. The van der Waals surface area contributed by atoms with Crippen molar-refractivity contribution in [2.24, 2.45) is 0 Å². The van der Waals surface area contributed by atoms with Gasteiger partial charge in [0, 0.05) is 12.5 Å². The zero-order valence-electron chi connectivity index (χ0n) is 12.7. The molecule has 0 N–H and O–H groups in total. The van der Waals surface area contributed by atoms with Gasteiger partial charge in [-0.3, -0.25) is 0 Å². The molecular weight excluding hydrogens is 254 g/mol. The Hall–Kier alpha value is -0.930. The van der Waals surface area contributed by atoms with Gasteiger partial charge in [0.25, 0.3) is 0 Å². The third-order valence-electron chi connectivity index (χ3n) is 3.13. The second-order valence-electron chi connectivity index (χ2n) is 4.94. The lowest BCUT2D eigenvalue weighted by Gasteiger charge is -2.14. The first kappa shape index (κ1) is 16.1. The third-order valence-corrected chi connectivity index (χ3v) is 3.92. The molecule has 3 heteroatoms. The Morgan fingerprint density at radius 2 is 2.21 bits per heavy atom. The molecule has 106 valence electrons. The highest BCUT2D eigenvalue weighted by Crippen LogP contribution is 2.18. The Bertz CT molecular complexity index is 445. The summed E-state index contributed by atoms with van der Waals surface area (Å²) < 4.78 is 5.58. The first-order valence-electron chi connectivity index (χ1n) is 6.85. The SMILES string of the molecule is CCC/C(C)=C\C[C@H](OC)/C(C)=C/c1csc(C)n1. The van der Waals surface area contributed by atoms with E-state index in [0.717, 1.165) is 17.1 Å². The van der Waals surface area contributed by atoms with Crippen LogP contribution in [0.5, 0.6) is 0 Å². The summed E-state index contributed by atoms with van der Waals surface area (Å²) >= 11 is 1.68. The molecule has 1 atom stereocenters. The number of hydrogen-bond acceptors (Lipinski definition) is 3. The van der Waals surface area contributed by atoms with E-state index in [4.69, 9.17) is 4.74 Å². The number of hydrogen-bond donors (Lipinski definition) is 0. The number of thiazole rings is 1. The zero-order valence-corrected chi connectivity index (χ0v) is 13.5. The van der Waals surface area contributed by atoms with Crippen molar-refractivity contribution in [1.29, 1.82) is 0 Å². The summed E-state index contributed by atoms with van der Waals surface area (Å²) in [4.78, 5) is 4.46. The first-order valence-corrected chi connectivity index (χ1v) is 7.73. The van der Waals surface area contributed by atoms with Crippen LogP contribution in [0.25, 0.3) is 6.08 Å². The van der Waals surface area contributed by atoms with Gasteiger partial charge in [0.15, 0.2) is 0 Å². The number of allylic oxidation sites excluding steroid dienone is 1. The molecule has 0 saturated carbocycles. The van der Waals surface area contributed by atoms with Gasteiger partial charge in [0.1, 0.15) is 0 Å². The highest BCUT2D eigenvalue weighted by molar-refractivity contribution is 7.09. The molecule has 1 aromatic rings. The summed E-state index contributed by atoms with van der Waals surface area (Å²) in [5.74, 6) is 0. The molecule has 1 aromatic heterocycles. The second-order valence-corrected chi connectivity index (χ2v) is 6.00. The highest BCUT2D eigenvalue weighted by atomic mass is 32.1. The topological polar surface area (TPSA) is 22.1 Å². The molecule has 0 unspecified atom stereocenters. The van der Waals surface area contributed by atoms with Gasteiger partial charge in [-0.1, -0.05) is 25.0 Å². The van der Waals surface area contributed by atoms with E-state index in [1.165, 1.54) is 24.0 Å². The molecule has 0 aliphatic heterocycles. The van der Waals surface area contributed by atoms with E-state index < -0.39 is 0 Å². The monoisotopic (exact) mass is 279 g/mol. The van der Waals surface area contributed by atoms with Gasteiger partial charge in [-0.15, -0.1) is 11.3 Å². The Morgan fingerprint density at radius 1 is 1.47 bits per heavy atom. The summed E-state index contributed by atoms with van der Waals surface area (Å²) in [6.07, 6.45) is 7.88. The Kier molecular flexibility index (Phi) is 7.03. The Morgan fingerprint density at radius 3 is 2.74 bits per heavy atom. The second kappa shape index (κ2) is 8.28. The lowest BCUT2D eigenvalue weighted by molar-refractivity contribution is 0.135. The summed E-state index contributed by atoms with van der Waals surface area (Å²) in [6.45, 7) is 8.55.